The topological polar surface area (TPSA) is 45.6 Å². The number of hydrogen-bond donors (Lipinski definition) is 1. The maximum Gasteiger partial charge on any atom is 0.136 e. The molecule has 1 aromatic heterocycles. The maximum atomic E-state index is 9.11. The van der Waals surface area contributed by atoms with E-state index in [1.165, 1.54) is 0 Å². The van der Waals surface area contributed by atoms with Crippen LogP contribution in [-0.4, -0.2) is 36.9 Å². The predicted molar refractivity (Wildman–Crippen MR) is 73.3 cm³/mol. The zero-order chi connectivity index (χ0) is 13.0. The van der Waals surface area contributed by atoms with Crippen molar-refractivity contribution in [1.82, 2.24) is 4.98 Å². The van der Waals surface area contributed by atoms with Crippen LogP contribution in [0.3, 0.4) is 0 Å². The van der Waals surface area contributed by atoms with Crippen LogP contribution in [0.15, 0.2) is 30.5 Å². The van der Waals surface area contributed by atoms with E-state index < -0.39 is 0 Å². The Labute approximate surface area is 107 Å². The first-order valence-electron chi connectivity index (χ1n) is 6.09. The van der Waals surface area contributed by atoms with E-state index in [9.17, 15) is 0 Å². The third-order valence-electron chi connectivity index (χ3n) is 3.02. The summed E-state index contributed by atoms with van der Waals surface area (Å²) in [5.41, 5.74) is 0. The number of aliphatic hydroxyl groups excluding tert-OH is 1. The maximum absolute atomic E-state index is 9.11. The van der Waals surface area contributed by atoms with Crippen LogP contribution in [0, 0.1) is 0 Å². The Morgan fingerprint density at radius 2 is 2.11 bits per heavy atom. The first-order valence-corrected chi connectivity index (χ1v) is 6.09. The van der Waals surface area contributed by atoms with Crippen molar-refractivity contribution in [2.24, 2.45) is 0 Å². The van der Waals surface area contributed by atoms with E-state index >= 15 is 0 Å². The zero-order valence-electron chi connectivity index (χ0n) is 10.8. The van der Waals surface area contributed by atoms with Crippen LogP contribution in [0.2, 0.25) is 0 Å². The van der Waals surface area contributed by atoms with Gasteiger partial charge in [-0.15, -0.1) is 0 Å². The van der Waals surface area contributed by atoms with Crippen LogP contribution in [0.1, 0.15) is 6.92 Å². The molecule has 0 atom stereocenters. The van der Waals surface area contributed by atoms with E-state index in [-0.39, 0.29) is 6.61 Å². The summed E-state index contributed by atoms with van der Waals surface area (Å²) in [6.07, 6.45) is 1.78. The number of methoxy groups -OCH3 is 1. The largest absolute Gasteiger partial charge is 0.496 e. The summed E-state index contributed by atoms with van der Waals surface area (Å²) in [5, 5.41) is 11.2. The minimum atomic E-state index is 0.121. The van der Waals surface area contributed by atoms with Gasteiger partial charge in [0.1, 0.15) is 11.6 Å². The highest BCUT2D eigenvalue weighted by Crippen LogP contribution is 2.30. The van der Waals surface area contributed by atoms with Crippen molar-refractivity contribution in [3.63, 3.8) is 0 Å². The lowest BCUT2D eigenvalue weighted by Crippen LogP contribution is -2.27. The van der Waals surface area contributed by atoms with Crippen LogP contribution >= 0.6 is 0 Å². The van der Waals surface area contributed by atoms with E-state index in [1.807, 2.05) is 24.3 Å². The number of fused-ring (bicyclic) bond motifs is 1. The van der Waals surface area contributed by atoms with Gasteiger partial charge in [-0.05, 0) is 19.1 Å². The van der Waals surface area contributed by atoms with E-state index in [4.69, 9.17) is 9.84 Å². The molecule has 1 N–H and O–H groups in total. The first-order chi connectivity index (χ1) is 8.81. The van der Waals surface area contributed by atoms with Gasteiger partial charge < -0.3 is 14.7 Å². The van der Waals surface area contributed by atoms with Crippen LogP contribution in [0.5, 0.6) is 5.75 Å². The Balaban J connectivity index is 2.57. The molecule has 0 amide bonds. The van der Waals surface area contributed by atoms with E-state index in [0.717, 1.165) is 28.9 Å². The van der Waals surface area contributed by atoms with Gasteiger partial charge in [-0.25, -0.2) is 4.98 Å². The van der Waals surface area contributed by atoms with Crippen molar-refractivity contribution in [3.8, 4) is 5.75 Å². The number of aliphatic hydroxyl groups is 1. The van der Waals surface area contributed by atoms with Crippen molar-refractivity contribution in [3.05, 3.63) is 30.5 Å². The van der Waals surface area contributed by atoms with Crippen LogP contribution in [-0.2, 0) is 0 Å². The number of nitrogens with zero attached hydrogens (tertiary/aromatic N) is 2. The molecule has 18 heavy (non-hydrogen) atoms. The Morgan fingerprint density at radius 1 is 1.28 bits per heavy atom. The average Bonchev–Trinajstić information content (AvgIpc) is 2.43. The number of rotatable bonds is 5. The van der Waals surface area contributed by atoms with Crippen LogP contribution < -0.4 is 9.64 Å². The normalized spacial score (nSPS) is 10.6. The second-order valence-electron chi connectivity index (χ2n) is 3.99. The Kier molecular flexibility index (Phi) is 3.99. The molecule has 0 fully saturated rings. The molecule has 0 radical (unpaired) electrons. The molecule has 4 heteroatoms. The number of benzene rings is 1. The fourth-order valence-electron chi connectivity index (χ4n) is 2.13. The molecule has 96 valence electrons. The highest BCUT2D eigenvalue weighted by Gasteiger charge is 2.11. The molecular formula is C14H18N2O2. The molecule has 0 aliphatic heterocycles. The van der Waals surface area contributed by atoms with Gasteiger partial charge in [0.05, 0.1) is 13.7 Å². The van der Waals surface area contributed by atoms with Gasteiger partial charge in [0, 0.05) is 30.1 Å². The van der Waals surface area contributed by atoms with Crippen LogP contribution in [0.4, 0.5) is 5.82 Å². The fourth-order valence-corrected chi connectivity index (χ4v) is 2.13. The van der Waals surface area contributed by atoms with Gasteiger partial charge in [-0.3, -0.25) is 0 Å². The molecule has 0 aliphatic carbocycles. The average molecular weight is 246 g/mol. The zero-order valence-corrected chi connectivity index (χ0v) is 10.8. The van der Waals surface area contributed by atoms with Gasteiger partial charge in [-0.2, -0.15) is 0 Å². The molecule has 0 saturated heterocycles. The van der Waals surface area contributed by atoms with E-state index in [1.54, 1.807) is 13.3 Å². The summed E-state index contributed by atoms with van der Waals surface area (Å²) in [6, 6.07) is 7.87. The molecular weight excluding hydrogens is 228 g/mol. The van der Waals surface area contributed by atoms with Crippen molar-refractivity contribution in [2.75, 3.05) is 31.7 Å². The quantitative estimate of drug-likeness (QED) is 0.877. The van der Waals surface area contributed by atoms with Crippen molar-refractivity contribution >= 4 is 16.6 Å². The number of aromatic nitrogens is 1. The number of hydrogen-bond acceptors (Lipinski definition) is 4. The molecule has 0 bridgehead atoms. The summed E-state index contributed by atoms with van der Waals surface area (Å²) in [4.78, 5) is 6.49. The molecule has 1 heterocycles. The molecule has 2 rings (SSSR count). The lowest BCUT2D eigenvalue weighted by molar-refractivity contribution is 0.302. The fraction of sp³-hybridized carbons (Fsp3) is 0.357. The number of pyridine rings is 1. The Bertz CT molecular complexity index is 528. The van der Waals surface area contributed by atoms with Crippen molar-refractivity contribution in [1.29, 1.82) is 0 Å². The summed E-state index contributed by atoms with van der Waals surface area (Å²) in [6.45, 7) is 3.57. The minimum Gasteiger partial charge on any atom is -0.496 e. The third kappa shape index (κ3) is 2.24. The minimum absolute atomic E-state index is 0.121. The van der Waals surface area contributed by atoms with E-state index in [2.05, 4.69) is 16.8 Å². The molecule has 0 spiro atoms. The number of likely N-dealkylation sites (N-methyl/N-ethyl adjacent to an activating group) is 1. The first kappa shape index (κ1) is 12.6. The van der Waals surface area contributed by atoms with Crippen molar-refractivity contribution < 1.29 is 9.84 Å². The lowest BCUT2D eigenvalue weighted by atomic mass is 10.1. The van der Waals surface area contributed by atoms with Crippen molar-refractivity contribution in [2.45, 2.75) is 6.92 Å². The highest BCUT2D eigenvalue weighted by molar-refractivity contribution is 5.96. The second kappa shape index (κ2) is 5.69. The summed E-state index contributed by atoms with van der Waals surface area (Å²) >= 11 is 0. The molecule has 2 aromatic rings. The summed E-state index contributed by atoms with van der Waals surface area (Å²) in [5.74, 6) is 1.74. The predicted octanol–water partition coefficient (Wildman–Crippen LogP) is 2.06. The monoisotopic (exact) mass is 246 g/mol. The Hall–Kier alpha value is -1.81. The molecule has 4 nitrogen and oxygen atoms in total. The second-order valence-corrected chi connectivity index (χ2v) is 3.99. The van der Waals surface area contributed by atoms with E-state index in [0.29, 0.717) is 6.54 Å². The number of ether oxygens (including phenoxy) is 1. The SMILES string of the molecule is CCN(CCO)c1nccc2c(OC)cccc12. The summed E-state index contributed by atoms with van der Waals surface area (Å²) in [7, 11) is 1.67. The van der Waals surface area contributed by atoms with Crippen LogP contribution in [0.25, 0.3) is 10.8 Å². The highest BCUT2D eigenvalue weighted by atomic mass is 16.5. The smallest absolute Gasteiger partial charge is 0.136 e. The Morgan fingerprint density at radius 3 is 2.78 bits per heavy atom. The summed E-state index contributed by atoms with van der Waals surface area (Å²) < 4.78 is 5.36. The molecule has 0 saturated carbocycles. The molecule has 0 unspecified atom stereocenters. The van der Waals surface area contributed by atoms with Gasteiger partial charge in [0.25, 0.3) is 0 Å². The molecule has 0 aliphatic rings. The van der Waals surface area contributed by atoms with Gasteiger partial charge in [0.2, 0.25) is 0 Å². The van der Waals surface area contributed by atoms with Gasteiger partial charge in [0.15, 0.2) is 0 Å². The van der Waals surface area contributed by atoms with Gasteiger partial charge in [-0.1, -0.05) is 12.1 Å². The lowest BCUT2D eigenvalue weighted by Gasteiger charge is -2.22. The molecule has 1 aromatic carbocycles. The van der Waals surface area contributed by atoms with Gasteiger partial charge >= 0.3 is 0 Å². The standard InChI is InChI=1S/C14H18N2O2/c1-3-16(9-10-17)14-12-5-4-6-13(18-2)11(12)7-8-15-14/h4-8,17H,3,9-10H2,1-2H3. The third-order valence-corrected chi connectivity index (χ3v) is 3.02. The number of anilines is 1.